The van der Waals surface area contributed by atoms with Gasteiger partial charge in [0.15, 0.2) is 11.5 Å². The maximum Gasteiger partial charge on any atom is 0.231 e. The molecule has 0 bridgehead atoms. The second-order valence-corrected chi connectivity index (χ2v) is 6.02. The van der Waals surface area contributed by atoms with Gasteiger partial charge in [0.25, 0.3) is 0 Å². The van der Waals surface area contributed by atoms with Crippen LogP contribution in [0.5, 0.6) is 11.5 Å². The molecule has 1 fully saturated rings. The van der Waals surface area contributed by atoms with Crippen LogP contribution in [0.4, 0.5) is 0 Å². The van der Waals surface area contributed by atoms with E-state index in [1.165, 1.54) is 12.0 Å². The zero-order chi connectivity index (χ0) is 13.3. The van der Waals surface area contributed by atoms with Crippen LogP contribution in [0.3, 0.4) is 0 Å². The molecule has 1 aromatic rings. The van der Waals surface area contributed by atoms with Gasteiger partial charge in [0, 0.05) is 31.7 Å². The summed E-state index contributed by atoms with van der Waals surface area (Å²) in [4.78, 5) is 2.50. The van der Waals surface area contributed by atoms with Gasteiger partial charge in [0.1, 0.15) is 0 Å². The Morgan fingerprint density at radius 2 is 2.05 bits per heavy atom. The molecule has 1 N–H and O–H groups in total. The molecule has 4 nitrogen and oxygen atoms in total. The summed E-state index contributed by atoms with van der Waals surface area (Å²) in [6.45, 7) is 9.16. The monoisotopic (exact) mass is 262 g/mol. The Morgan fingerprint density at radius 3 is 2.95 bits per heavy atom. The van der Waals surface area contributed by atoms with E-state index in [0.717, 1.165) is 37.7 Å². The van der Waals surface area contributed by atoms with Crippen molar-refractivity contribution in [2.45, 2.75) is 32.4 Å². The molecule has 104 valence electrons. The molecule has 0 radical (unpaired) electrons. The fourth-order valence-electron chi connectivity index (χ4n) is 2.65. The van der Waals surface area contributed by atoms with Gasteiger partial charge in [0.05, 0.1) is 0 Å². The van der Waals surface area contributed by atoms with Crippen LogP contribution in [0, 0.1) is 0 Å². The number of hydrogen-bond acceptors (Lipinski definition) is 4. The second kappa shape index (κ2) is 5.02. The number of hydrogen-bond donors (Lipinski definition) is 1. The van der Waals surface area contributed by atoms with Crippen molar-refractivity contribution in [3.8, 4) is 11.5 Å². The summed E-state index contributed by atoms with van der Waals surface area (Å²) in [5.41, 5.74) is 1.55. The minimum atomic E-state index is 0.254. The lowest BCUT2D eigenvalue weighted by Gasteiger charge is -2.23. The predicted molar refractivity (Wildman–Crippen MR) is 74.5 cm³/mol. The van der Waals surface area contributed by atoms with E-state index in [9.17, 15) is 0 Å². The molecule has 0 amide bonds. The average molecular weight is 262 g/mol. The van der Waals surface area contributed by atoms with Gasteiger partial charge in [-0.3, -0.25) is 4.90 Å². The quantitative estimate of drug-likeness (QED) is 0.884. The lowest BCUT2D eigenvalue weighted by atomic mass is 10.0. The van der Waals surface area contributed by atoms with Gasteiger partial charge in [-0.15, -0.1) is 0 Å². The topological polar surface area (TPSA) is 33.7 Å². The van der Waals surface area contributed by atoms with E-state index in [2.05, 4.69) is 36.2 Å². The van der Waals surface area contributed by atoms with Crippen molar-refractivity contribution in [1.29, 1.82) is 0 Å². The number of nitrogens with one attached hydrogen (secondary N) is 1. The highest BCUT2D eigenvalue weighted by atomic mass is 16.7. The molecule has 0 unspecified atom stereocenters. The standard InChI is InChI=1S/C15H22N2O2/c1-15(2)5-7-17(8-6-16-15)10-12-3-4-13-14(9-12)19-11-18-13/h3-4,9,16H,5-8,10-11H2,1-2H3. The molecule has 2 aliphatic heterocycles. The Bertz CT molecular complexity index is 459. The number of fused-ring (bicyclic) bond motifs is 1. The third-order valence-electron chi connectivity index (χ3n) is 3.93. The third-order valence-corrected chi connectivity index (χ3v) is 3.93. The summed E-state index contributed by atoms with van der Waals surface area (Å²) in [6, 6.07) is 6.25. The highest BCUT2D eigenvalue weighted by molar-refractivity contribution is 5.44. The number of rotatable bonds is 2. The molecule has 1 aromatic carbocycles. The zero-order valence-electron chi connectivity index (χ0n) is 11.7. The summed E-state index contributed by atoms with van der Waals surface area (Å²) in [7, 11) is 0. The lowest BCUT2D eigenvalue weighted by Crippen LogP contribution is -2.39. The first-order valence-electron chi connectivity index (χ1n) is 6.98. The van der Waals surface area contributed by atoms with Gasteiger partial charge >= 0.3 is 0 Å². The maximum absolute atomic E-state index is 5.43. The molecule has 3 rings (SSSR count). The molecule has 2 aliphatic rings. The molecular weight excluding hydrogens is 240 g/mol. The minimum absolute atomic E-state index is 0.254. The van der Waals surface area contributed by atoms with Crippen molar-refractivity contribution in [1.82, 2.24) is 10.2 Å². The number of ether oxygens (including phenoxy) is 2. The normalized spacial score (nSPS) is 22.2. The molecule has 0 spiro atoms. The fourth-order valence-corrected chi connectivity index (χ4v) is 2.65. The van der Waals surface area contributed by atoms with Crippen LogP contribution in [0.15, 0.2) is 18.2 Å². The van der Waals surface area contributed by atoms with Crippen molar-refractivity contribution >= 4 is 0 Å². The van der Waals surface area contributed by atoms with Crippen molar-refractivity contribution < 1.29 is 9.47 Å². The van der Waals surface area contributed by atoms with E-state index >= 15 is 0 Å². The van der Waals surface area contributed by atoms with Crippen molar-refractivity contribution in [3.05, 3.63) is 23.8 Å². The molecule has 0 atom stereocenters. The highest BCUT2D eigenvalue weighted by Crippen LogP contribution is 2.32. The summed E-state index contributed by atoms with van der Waals surface area (Å²) in [5.74, 6) is 1.74. The first kappa shape index (κ1) is 12.8. The first-order chi connectivity index (χ1) is 9.12. The summed E-state index contributed by atoms with van der Waals surface area (Å²) >= 11 is 0. The first-order valence-corrected chi connectivity index (χ1v) is 6.98. The second-order valence-electron chi connectivity index (χ2n) is 6.02. The SMILES string of the molecule is CC1(C)CCN(Cc2ccc3c(c2)OCO3)CCN1. The Balaban J connectivity index is 1.65. The van der Waals surface area contributed by atoms with Crippen LogP contribution in [-0.4, -0.2) is 36.9 Å². The van der Waals surface area contributed by atoms with Crippen molar-refractivity contribution in [3.63, 3.8) is 0 Å². The molecule has 2 heterocycles. The van der Waals surface area contributed by atoms with Crippen molar-refractivity contribution in [2.75, 3.05) is 26.4 Å². The van der Waals surface area contributed by atoms with Crippen LogP contribution in [-0.2, 0) is 6.54 Å². The van der Waals surface area contributed by atoms with Gasteiger partial charge in [-0.1, -0.05) is 6.07 Å². The Hall–Kier alpha value is -1.26. The van der Waals surface area contributed by atoms with Crippen LogP contribution < -0.4 is 14.8 Å². The highest BCUT2D eigenvalue weighted by Gasteiger charge is 2.22. The van der Waals surface area contributed by atoms with Gasteiger partial charge in [0.2, 0.25) is 6.79 Å². The van der Waals surface area contributed by atoms with E-state index in [1.807, 2.05) is 6.07 Å². The summed E-state index contributed by atoms with van der Waals surface area (Å²) in [5, 5.41) is 3.59. The van der Waals surface area contributed by atoms with Gasteiger partial charge in [-0.25, -0.2) is 0 Å². The van der Waals surface area contributed by atoms with E-state index in [-0.39, 0.29) is 5.54 Å². The van der Waals surface area contributed by atoms with Gasteiger partial charge in [-0.2, -0.15) is 0 Å². The smallest absolute Gasteiger partial charge is 0.231 e. The van der Waals surface area contributed by atoms with E-state index in [4.69, 9.17) is 9.47 Å². The molecule has 0 aliphatic carbocycles. The van der Waals surface area contributed by atoms with Crippen LogP contribution in [0.2, 0.25) is 0 Å². The Morgan fingerprint density at radius 1 is 1.21 bits per heavy atom. The minimum Gasteiger partial charge on any atom is -0.454 e. The lowest BCUT2D eigenvalue weighted by molar-refractivity contribution is 0.174. The summed E-state index contributed by atoms with van der Waals surface area (Å²) in [6.07, 6.45) is 1.18. The van der Waals surface area contributed by atoms with Crippen LogP contribution in [0.25, 0.3) is 0 Å². The van der Waals surface area contributed by atoms with E-state index in [0.29, 0.717) is 6.79 Å². The molecule has 1 saturated heterocycles. The van der Waals surface area contributed by atoms with Gasteiger partial charge < -0.3 is 14.8 Å². The number of nitrogens with zero attached hydrogens (tertiary/aromatic N) is 1. The zero-order valence-corrected chi connectivity index (χ0v) is 11.7. The van der Waals surface area contributed by atoms with Crippen LogP contribution in [0.1, 0.15) is 25.8 Å². The number of benzene rings is 1. The predicted octanol–water partition coefficient (Wildman–Crippen LogP) is 1.99. The largest absolute Gasteiger partial charge is 0.454 e. The molecule has 0 aromatic heterocycles. The Kier molecular flexibility index (Phi) is 3.37. The van der Waals surface area contributed by atoms with E-state index in [1.54, 1.807) is 0 Å². The third kappa shape index (κ3) is 3.01. The fraction of sp³-hybridized carbons (Fsp3) is 0.600. The molecule has 19 heavy (non-hydrogen) atoms. The van der Waals surface area contributed by atoms with E-state index < -0.39 is 0 Å². The molecule has 4 heteroatoms. The van der Waals surface area contributed by atoms with Gasteiger partial charge in [-0.05, 0) is 38.0 Å². The summed E-state index contributed by atoms with van der Waals surface area (Å²) < 4.78 is 10.8. The molecular formula is C15H22N2O2. The van der Waals surface area contributed by atoms with Crippen molar-refractivity contribution in [2.24, 2.45) is 0 Å². The van der Waals surface area contributed by atoms with Crippen LogP contribution >= 0.6 is 0 Å². The average Bonchev–Trinajstić information content (AvgIpc) is 2.76. The maximum atomic E-state index is 5.43. The molecule has 0 saturated carbocycles. The Labute approximate surface area is 114 Å².